The zero-order valence-electron chi connectivity index (χ0n) is 15.3. The molecule has 4 rings (SSSR count). The number of halogens is 1. The minimum absolute atomic E-state index is 0.0764. The van der Waals surface area contributed by atoms with Gasteiger partial charge in [-0.25, -0.2) is 9.37 Å². The van der Waals surface area contributed by atoms with E-state index >= 15 is 0 Å². The Bertz CT molecular complexity index is 920. The smallest absolute Gasteiger partial charge is 0.277 e. The number of nitrogens with one attached hydrogen (secondary N) is 1. The Labute approximate surface area is 162 Å². The Balaban J connectivity index is 1.40. The molecule has 1 aliphatic carbocycles. The molecule has 1 unspecified atom stereocenters. The largest absolute Gasteiger partial charge is 0.334 e. The Morgan fingerprint density at radius 1 is 1.22 bits per heavy atom. The molecule has 1 fully saturated rings. The standard InChI is InChI=1S/C21H22FN3OS/c1-24(13-20-23-18-8-4-5-9-19(18)27-20)21(26)14-25(16-10-11-16)12-15-6-2-3-7-17(15)22/h2-9,16H,10-14H2,1H3/p+1. The average molecular weight is 385 g/mol. The van der Waals surface area contributed by atoms with Gasteiger partial charge in [0.25, 0.3) is 5.91 Å². The van der Waals surface area contributed by atoms with Gasteiger partial charge in [0, 0.05) is 25.5 Å². The summed E-state index contributed by atoms with van der Waals surface area (Å²) in [5, 5.41) is 0.939. The zero-order chi connectivity index (χ0) is 18.8. The van der Waals surface area contributed by atoms with Crippen molar-refractivity contribution in [2.24, 2.45) is 0 Å². The first-order valence-corrected chi connectivity index (χ1v) is 10.1. The Morgan fingerprint density at radius 3 is 2.70 bits per heavy atom. The van der Waals surface area contributed by atoms with Crippen LogP contribution in [0.5, 0.6) is 0 Å². The molecule has 0 bridgehead atoms. The lowest BCUT2D eigenvalue weighted by molar-refractivity contribution is -0.917. The molecule has 3 aromatic rings. The number of thiazole rings is 1. The Morgan fingerprint density at radius 2 is 1.96 bits per heavy atom. The quantitative estimate of drug-likeness (QED) is 0.680. The van der Waals surface area contributed by atoms with Gasteiger partial charge in [-0.3, -0.25) is 4.79 Å². The van der Waals surface area contributed by atoms with Crippen molar-refractivity contribution in [1.82, 2.24) is 9.88 Å². The molecule has 1 heterocycles. The van der Waals surface area contributed by atoms with E-state index in [-0.39, 0.29) is 11.7 Å². The predicted molar refractivity (Wildman–Crippen MR) is 105 cm³/mol. The maximum atomic E-state index is 14.0. The zero-order valence-corrected chi connectivity index (χ0v) is 16.1. The number of amides is 1. The molecular weight excluding hydrogens is 361 g/mol. The lowest BCUT2D eigenvalue weighted by Gasteiger charge is -2.22. The van der Waals surface area contributed by atoms with E-state index < -0.39 is 0 Å². The Kier molecular flexibility index (Phi) is 5.18. The van der Waals surface area contributed by atoms with Gasteiger partial charge in [0.05, 0.1) is 22.8 Å². The summed E-state index contributed by atoms with van der Waals surface area (Å²) >= 11 is 1.62. The second-order valence-corrected chi connectivity index (χ2v) is 8.32. The summed E-state index contributed by atoms with van der Waals surface area (Å²) in [5.74, 6) is -0.113. The molecule has 6 heteroatoms. The van der Waals surface area contributed by atoms with Crippen molar-refractivity contribution < 1.29 is 14.1 Å². The van der Waals surface area contributed by atoms with Crippen LogP contribution in [-0.2, 0) is 17.9 Å². The molecule has 0 radical (unpaired) electrons. The number of benzene rings is 2. The van der Waals surface area contributed by atoms with E-state index in [0.29, 0.717) is 31.2 Å². The summed E-state index contributed by atoms with van der Waals surface area (Å²) in [6, 6.07) is 15.3. The summed E-state index contributed by atoms with van der Waals surface area (Å²) in [6.45, 7) is 1.45. The minimum atomic E-state index is -0.189. The highest BCUT2D eigenvalue weighted by Crippen LogP contribution is 2.22. The monoisotopic (exact) mass is 384 g/mol. The third kappa shape index (κ3) is 4.34. The van der Waals surface area contributed by atoms with Gasteiger partial charge in [-0.2, -0.15) is 0 Å². The third-order valence-corrected chi connectivity index (χ3v) is 6.07. The third-order valence-electron chi connectivity index (χ3n) is 5.04. The van der Waals surface area contributed by atoms with E-state index in [4.69, 9.17) is 0 Å². The number of para-hydroxylation sites is 1. The van der Waals surface area contributed by atoms with E-state index in [1.807, 2.05) is 43.4 Å². The van der Waals surface area contributed by atoms with Gasteiger partial charge in [0.1, 0.15) is 17.4 Å². The van der Waals surface area contributed by atoms with E-state index in [1.165, 1.54) is 6.07 Å². The lowest BCUT2D eigenvalue weighted by atomic mass is 10.2. The highest BCUT2D eigenvalue weighted by Gasteiger charge is 2.35. The molecule has 0 spiro atoms. The number of quaternary nitrogens is 1. The lowest BCUT2D eigenvalue weighted by Crippen LogP contribution is -3.13. The molecule has 1 N–H and O–H groups in total. The highest BCUT2D eigenvalue weighted by atomic mass is 32.1. The van der Waals surface area contributed by atoms with Crippen LogP contribution in [0.25, 0.3) is 10.2 Å². The summed E-state index contributed by atoms with van der Waals surface area (Å²) < 4.78 is 15.1. The number of hydrogen-bond donors (Lipinski definition) is 1. The maximum absolute atomic E-state index is 14.0. The van der Waals surface area contributed by atoms with Gasteiger partial charge in [-0.1, -0.05) is 30.3 Å². The number of rotatable bonds is 7. The second kappa shape index (κ2) is 7.74. The number of aromatic nitrogens is 1. The second-order valence-electron chi connectivity index (χ2n) is 7.20. The molecule has 4 nitrogen and oxygen atoms in total. The molecule has 1 amide bonds. The molecule has 140 valence electrons. The number of carbonyl (C=O) groups is 1. The van der Waals surface area contributed by atoms with Gasteiger partial charge >= 0.3 is 0 Å². The number of carbonyl (C=O) groups excluding carboxylic acids is 1. The molecule has 0 aliphatic heterocycles. The van der Waals surface area contributed by atoms with Crippen LogP contribution in [-0.4, -0.2) is 35.4 Å². The van der Waals surface area contributed by atoms with Crippen LogP contribution in [0.3, 0.4) is 0 Å². The van der Waals surface area contributed by atoms with Crippen molar-refractivity contribution in [1.29, 1.82) is 0 Å². The van der Waals surface area contributed by atoms with Gasteiger partial charge in [0.2, 0.25) is 0 Å². The van der Waals surface area contributed by atoms with Crippen LogP contribution in [0.2, 0.25) is 0 Å². The molecule has 1 aromatic heterocycles. The van der Waals surface area contributed by atoms with Crippen LogP contribution in [0.1, 0.15) is 23.4 Å². The molecule has 1 saturated carbocycles. The predicted octanol–water partition coefficient (Wildman–Crippen LogP) is 2.64. The number of nitrogens with zero attached hydrogens (tertiary/aromatic N) is 2. The molecular formula is C21H23FN3OS+. The van der Waals surface area contributed by atoms with E-state index in [1.54, 1.807) is 22.3 Å². The first-order chi connectivity index (χ1) is 13.1. The molecule has 0 saturated heterocycles. The highest BCUT2D eigenvalue weighted by molar-refractivity contribution is 7.18. The molecule has 2 aromatic carbocycles. The topological polar surface area (TPSA) is 37.6 Å². The minimum Gasteiger partial charge on any atom is -0.334 e. The molecule has 1 atom stereocenters. The SMILES string of the molecule is CN(Cc1nc2ccccc2s1)C(=O)C[NH+](Cc1ccccc1F)C1CC1. The van der Waals surface area contributed by atoms with Gasteiger partial charge in [0.15, 0.2) is 6.54 Å². The summed E-state index contributed by atoms with van der Waals surface area (Å²) in [5.41, 5.74) is 1.66. The van der Waals surface area contributed by atoms with Crippen molar-refractivity contribution >= 4 is 27.5 Å². The summed E-state index contributed by atoms with van der Waals surface area (Å²) in [4.78, 5) is 20.3. The van der Waals surface area contributed by atoms with Crippen LogP contribution in [0.15, 0.2) is 48.5 Å². The van der Waals surface area contributed by atoms with E-state index in [9.17, 15) is 9.18 Å². The molecule has 27 heavy (non-hydrogen) atoms. The normalized spacial score (nSPS) is 15.0. The van der Waals surface area contributed by atoms with Crippen molar-refractivity contribution in [3.63, 3.8) is 0 Å². The summed E-state index contributed by atoms with van der Waals surface area (Å²) in [6.07, 6.45) is 2.22. The van der Waals surface area contributed by atoms with Crippen LogP contribution >= 0.6 is 11.3 Å². The van der Waals surface area contributed by atoms with Gasteiger partial charge < -0.3 is 9.80 Å². The van der Waals surface area contributed by atoms with E-state index in [0.717, 1.165) is 33.0 Å². The van der Waals surface area contributed by atoms with Crippen LogP contribution in [0.4, 0.5) is 4.39 Å². The van der Waals surface area contributed by atoms with Crippen molar-refractivity contribution in [3.8, 4) is 0 Å². The fraction of sp³-hybridized carbons (Fsp3) is 0.333. The number of fused-ring (bicyclic) bond motifs is 1. The van der Waals surface area contributed by atoms with Gasteiger partial charge in [-0.15, -0.1) is 11.3 Å². The van der Waals surface area contributed by atoms with Crippen molar-refractivity contribution in [2.75, 3.05) is 13.6 Å². The fourth-order valence-corrected chi connectivity index (χ4v) is 4.36. The number of hydrogen-bond acceptors (Lipinski definition) is 3. The Hall–Kier alpha value is -2.31. The van der Waals surface area contributed by atoms with Crippen LogP contribution < -0.4 is 4.90 Å². The first kappa shape index (κ1) is 18.1. The average Bonchev–Trinajstić information content (AvgIpc) is 3.42. The van der Waals surface area contributed by atoms with Gasteiger partial charge in [-0.05, 0) is 18.2 Å². The van der Waals surface area contributed by atoms with Crippen molar-refractivity contribution in [2.45, 2.75) is 32.0 Å². The van der Waals surface area contributed by atoms with Crippen LogP contribution in [0, 0.1) is 5.82 Å². The fourth-order valence-electron chi connectivity index (χ4n) is 3.34. The maximum Gasteiger partial charge on any atom is 0.277 e. The summed E-state index contributed by atoms with van der Waals surface area (Å²) in [7, 11) is 1.82. The van der Waals surface area contributed by atoms with Crippen molar-refractivity contribution in [3.05, 3.63) is 64.9 Å². The number of likely N-dealkylation sites (N-methyl/N-ethyl adjacent to an activating group) is 1. The first-order valence-electron chi connectivity index (χ1n) is 9.26. The molecule has 1 aliphatic rings. The van der Waals surface area contributed by atoms with E-state index in [2.05, 4.69) is 4.98 Å².